The number of halogens is 1. The van der Waals surface area contributed by atoms with E-state index in [9.17, 15) is 38.6 Å². The van der Waals surface area contributed by atoms with Gasteiger partial charge in [0.05, 0.1) is 12.2 Å². The second kappa shape index (κ2) is 13.9. The van der Waals surface area contributed by atoms with Gasteiger partial charge in [-0.1, -0.05) is 12.1 Å². The molecule has 0 radical (unpaired) electrons. The molecule has 2 aliphatic heterocycles. The summed E-state index contributed by atoms with van der Waals surface area (Å²) >= 11 is 0. The second-order valence-corrected chi connectivity index (χ2v) is 12.6. The largest absolute Gasteiger partial charge is 0.444 e. The van der Waals surface area contributed by atoms with Crippen molar-refractivity contribution in [2.45, 2.75) is 108 Å². The Hall–Kier alpha value is -3.78. The summed E-state index contributed by atoms with van der Waals surface area (Å²) < 4.78 is 19.4. The lowest BCUT2D eigenvalue weighted by molar-refractivity contribution is -0.153. The van der Waals surface area contributed by atoms with Gasteiger partial charge in [0.2, 0.25) is 23.6 Å². The molecule has 1 aromatic rings. The van der Waals surface area contributed by atoms with Gasteiger partial charge in [0.1, 0.15) is 35.1 Å². The van der Waals surface area contributed by atoms with Crippen molar-refractivity contribution < 1.29 is 43.3 Å². The van der Waals surface area contributed by atoms with E-state index in [1.165, 1.54) is 41.8 Å². The molecule has 0 aliphatic carbocycles. The lowest BCUT2D eigenvalue weighted by Crippen LogP contribution is -2.65. The van der Waals surface area contributed by atoms with Crippen molar-refractivity contribution in [3.05, 3.63) is 35.6 Å². The van der Waals surface area contributed by atoms with Crippen molar-refractivity contribution in [2.24, 2.45) is 5.73 Å². The number of benzene rings is 1. The van der Waals surface area contributed by atoms with Gasteiger partial charge < -0.3 is 41.1 Å². The average Bonchev–Trinajstić information content (AvgIpc) is 3.56. The number of carbonyl (C=O) groups is 5. The van der Waals surface area contributed by atoms with Crippen molar-refractivity contribution in [2.75, 3.05) is 13.1 Å². The average molecular weight is 622 g/mol. The number of nitrogens with one attached hydrogen (secondary N) is 2. The predicted octanol–water partition coefficient (Wildman–Crippen LogP) is 0.345. The van der Waals surface area contributed by atoms with Gasteiger partial charge in [0, 0.05) is 19.5 Å². The fraction of sp³-hybridized carbons (Fsp3) is 0.633. The summed E-state index contributed by atoms with van der Waals surface area (Å²) in [5.74, 6) is -3.50. The Morgan fingerprint density at radius 3 is 2.30 bits per heavy atom. The number of nitrogens with zero attached hydrogens (tertiary/aromatic N) is 2. The van der Waals surface area contributed by atoms with Crippen molar-refractivity contribution in [1.29, 1.82) is 0 Å². The summed E-state index contributed by atoms with van der Waals surface area (Å²) in [6.07, 6.45) is -2.41. The number of hydrogen-bond acceptors (Lipinski definition) is 8. The van der Waals surface area contributed by atoms with E-state index < -0.39 is 77.0 Å². The summed E-state index contributed by atoms with van der Waals surface area (Å²) in [5.41, 5.74) is 3.39. The molecule has 2 aliphatic rings. The maximum absolute atomic E-state index is 14.3. The molecule has 6 atom stereocenters. The Bertz CT molecular complexity index is 1250. The van der Waals surface area contributed by atoms with Crippen molar-refractivity contribution >= 4 is 29.7 Å². The number of carbonyl (C=O) groups excluding carboxylic acids is 5. The van der Waals surface area contributed by atoms with Gasteiger partial charge in [-0.25, -0.2) is 9.18 Å². The van der Waals surface area contributed by atoms with Crippen LogP contribution in [-0.2, 0) is 30.3 Å². The highest BCUT2D eigenvalue weighted by Gasteiger charge is 2.53. The highest BCUT2D eigenvalue weighted by atomic mass is 19.1. The van der Waals surface area contributed by atoms with E-state index in [0.29, 0.717) is 18.4 Å². The molecule has 244 valence electrons. The number of aliphatic hydroxyl groups excluding tert-OH is 2. The fourth-order valence-electron chi connectivity index (χ4n) is 5.86. The van der Waals surface area contributed by atoms with Gasteiger partial charge in [-0.05, 0) is 78.0 Å². The van der Waals surface area contributed by atoms with Crippen LogP contribution in [0.25, 0.3) is 0 Å². The monoisotopic (exact) mass is 621 g/mol. The van der Waals surface area contributed by atoms with Crippen LogP contribution >= 0.6 is 0 Å². The van der Waals surface area contributed by atoms with Gasteiger partial charge in [-0.3, -0.25) is 19.2 Å². The van der Waals surface area contributed by atoms with Crippen molar-refractivity contribution in [3.63, 3.8) is 0 Å². The minimum absolute atomic E-state index is 0.106. The quantitative estimate of drug-likeness (QED) is 0.247. The third kappa shape index (κ3) is 8.03. The standard InChI is InChI=1S/C30H44FN5O8/c1-17(37)22(24(32)39)33-27(42)30(16-19-9-6-10-20(31)15-19)12-8-14-36(30)25(40)21-11-7-13-35(21)26(41)23(18(2)38)34-28(43)44-29(3,4)5/h6,9-10,15,17-18,21-23,37-38H,7-8,11-14,16H2,1-5H3,(H2,32,39)(H,33,42)(H,34,43)/t17-,18-,21+,22?,23+,30-/m1/s1. The van der Waals surface area contributed by atoms with Gasteiger partial charge in [0.25, 0.3) is 0 Å². The SMILES string of the molecule is C[C@@H](O)C(NC(=O)[C@]1(Cc2cccc(F)c2)CCCN1C(=O)[C@@H]1CCCN1C(=O)[C@@H](NC(=O)OC(C)(C)C)[C@@H](C)O)C(N)=O. The van der Waals surface area contributed by atoms with Crippen LogP contribution in [0.1, 0.15) is 65.9 Å². The first kappa shape index (κ1) is 34.7. The summed E-state index contributed by atoms with van der Waals surface area (Å²) in [5, 5.41) is 25.4. The van der Waals surface area contributed by atoms with E-state index in [1.54, 1.807) is 26.8 Å². The molecule has 2 fully saturated rings. The van der Waals surface area contributed by atoms with Gasteiger partial charge in [0.15, 0.2) is 0 Å². The van der Waals surface area contributed by atoms with Crippen LogP contribution in [0.15, 0.2) is 24.3 Å². The zero-order chi connectivity index (χ0) is 33.0. The summed E-state index contributed by atoms with van der Waals surface area (Å²) in [6.45, 7) is 7.86. The van der Waals surface area contributed by atoms with E-state index in [-0.39, 0.29) is 32.4 Å². The highest BCUT2D eigenvalue weighted by molar-refractivity contribution is 5.98. The number of ether oxygens (including phenoxy) is 1. The smallest absolute Gasteiger partial charge is 0.408 e. The van der Waals surface area contributed by atoms with E-state index in [4.69, 9.17) is 10.5 Å². The molecule has 0 spiro atoms. The molecular formula is C30H44FN5O8. The van der Waals surface area contributed by atoms with Crippen LogP contribution in [0.2, 0.25) is 0 Å². The van der Waals surface area contributed by atoms with E-state index in [2.05, 4.69) is 10.6 Å². The van der Waals surface area contributed by atoms with Gasteiger partial charge >= 0.3 is 6.09 Å². The van der Waals surface area contributed by atoms with Crippen LogP contribution in [0.3, 0.4) is 0 Å². The molecule has 3 rings (SSSR count). The fourth-order valence-corrected chi connectivity index (χ4v) is 5.86. The van der Waals surface area contributed by atoms with Crippen LogP contribution < -0.4 is 16.4 Å². The number of rotatable bonds is 10. The van der Waals surface area contributed by atoms with Crippen molar-refractivity contribution in [3.8, 4) is 0 Å². The molecule has 0 bridgehead atoms. The lowest BCUT2D eigenvalue weighted by Gasteiger charge is -2.41. The molecule has 13 nitrogen and oxygen atoms in total. The molecule has 5 amide bonds. The summed E-state index contributed by atoms with van der Waals surface area (Å²) in [4.78, 5) is 69.0. The maximum Gasteiger partial charge on any atom is 0.408 e. The zero-order valence-corrected chi connectivity index (χ0v) is 25.8. The van der Waals surface area contributed by atoms with E-state index in [0.717, 1.165) is 0 Å². The van der Waals surface area contributed by atoms with E-state index >= 15 is 0 Å². The highest BCUT2D eigenvalue weighted by Crippen LogP contribution is 2.36. The summed E-state index contributed by atoms with van der Waals surface area (Å²) in [6, 6.07) is 1.71. The normalized spacial score (nSPS) is 23.0. The molecule has 0 aromatic heterocycles. The van der Waals surface area contributed by atoms with Gasteiger partial charge in [-0.15, -0.1) is 0 Å². The zero-order valence-electron chi connectivity index (χ0n) is 25.8. The van der Waals surface area contributed by atoms with Crippen LogP contribution in [0, 0.1) is 5.82 Å². The topological polar surface area (TPSA) is 192 Å². The van der Waals surface area contributed by atoms with Crippen LogP contribution in [0.5, 0.6) is 0 Å². The molecular weight excluding hydrogens is 577 g/mol. The number of primary amides is 1. The number of nitrogens with two attached hydrogens (primary N) is 1. The molecule has 44 heavy (non-hydrogen) atoms. The Kier molecular flexibility index (Phi) is 11.0. The molecule has 0 saturated carbocycles. The molecule has 14 heteroatoms. The minimum atomic E-state index is -1.59. The van der Waals surface area contributed by atoms with Crippen LogP contribution in [-0.4, -0.2) is 104 Å². The third-order valence-electron chi connectivity index (χ3n) is 7.88. The molecule has 2 heterocycles. The Morgan fingerprint density at radius 1 is 1.07 bits per heavy atom. The molecule has 1 aromatic carbocycles. The van der Waals surface area contributed by atoms with Crippen molar-refractivity contribution in [1.82, 2.24) is 20.4 Å². The Balaban J connectivity index is 1.95. The first-order valence-electron chi connectivity index (χ1n) is 14.8. The minimum Gasteiger partial charge on any atom is -0.444 e. The first-order valence-corrected chi connectivity index (χ1v) is 14.8. The number of aliphatic hydroxyl groups is 2. The Morgan fingerprint density at radius 2 is 1.73 bits per heavy atom. The van der Waals surface area contributed by atoms with Crippen LogP contribution in [0.4, 0.5) is 9.18 Å². The first-order chi connectivity index (χ1) is 20.5. The third-order valence-corrected chi connectivity index (χ3v) is 7.88. The number of alkyl carbamates (subject to hydrolysis) is 1. The Labute approximate surface area is 256 Å². The summed E-state index contributed by atoms with van der Waals surface area (Å²) in [7, 11) is 0. The molecule has 1 unspecified atom stereocenters. The number of hydrogen-bond donors (Lipinski definition) is 5. The predicted molar refractivity (Wildman–Crippen MR) is 156 cm³/mol. The maximum atomic E-state index is 14.3. The number of amides is 5. The second-order valence-electron chi connectivity index (χ2n) is 12.6. The lowest BCUT2D eigenvalue weighted by atomic mass is 9.86. The number of likely N-dealkylation sites (tertiary alicyclic amines) is 2. The van der Waals surface area contributed by atoms with E-state index in [1.807, 2.05) is 0 Å². The molecule has 2 saturated heterocycles. The molecule has 6 N–H and O–H groups in total. The van der Waals surface area contributed by atoms with Gasteiger partial charge in [-0.2, -0.15) is 0 Å².